The van der Waals surface area contributed by atoms with Crippen molar-refractivity contribution >= 4 is 22.6 Å². The first-order valence-electron chi connectivity index (χ1n) is 7.95. The van der Waals surface area contributed by atoms with Crippen LogP contribution in [-0.2, 0) is 13.1 Å². The number of fused-ring (bicyclic) bond motifs is 2. The smallest absolute Gasteiger partial charge is 0.329 e. The van der Waals surface area contributed by atoms with Crippen LogP contribution in [0.4, 0.5) is 0 Å². The molecule has 24 heavy (non-hydrogen) atoms. The molecule has 0 N–H and O–H groups in total. The van der Waals surface area contributed by atoms with Crippen LogP contribution >= 0.6 is 11.6 Å². The second-order valence-corrected chi connectivity index (χ2v) is 6.23. The fraction of sp³-hybridized carbons (Fsp3) is 0.278. The molecular formula is C18H17ClN2O3. The average molecular weight is 345 g/mol. The van der Waals surface area contributed by atoms with Gasteiger partial charge in [-0.2, -0.15) is 0 Å². The summed E-state index contributed by atoms with van der Waals surface area (Å²) in [6.07, 6.45) is 0.907. The molecule has 0 bridgehead atoms. The van der Waals surface area contributed by atoms with Crippen molar-refractivity contribution in [2.75, 3.05) is 6.79 Å². The minimum Gasteiger partial charge on any atom is -0.454 e. The van der Waals surface area contributed by atoms with Crippen molar-refractivity contribution < 1.29 is 9.47 Å². The Morgan fingerprint density at radius 2 is 1.88 bits per heavy atom. The van der Waals surface area contributed by atoms with E-state index in [1.807, 2.05) is 41.0 Å². The Kier molecular flexibility index (Phi) is 3.73. The van der Waals surface area contributed by atoms with Gasteiger partial charge in [0.15, 0.2) is 11.5 Å². The van der Waals surface area contributed by atoms with Crippen molar-refractivity contribution in [3.05, 3.63) is 57.5 Å². The number of hydrogen-bond acceptors (Lipinski definition) is 3. The van der Waals surface area contributed by atoms with Gasteiger partial charge in [-0.15, -0.1) is 0 Å². The number of ether oxygens (including phenoxy) is 2. The molecule has 2 heterocycles. The van der Waals surface area contributed by atoms with Gasteiger partial charge in [-0.25, -0.2) is 4.79 Å². The normalized spacial score (nSPS) is 12.9. The Labute approximate surface area is 144 Å². The van der Waals surface area contributed by atoms with E-state index in [1.54, 1.807) is 4.57 Å². The van der Waals surface area contributed by atoms with Gasteiger partial charge in [-0.05, 0) is 36.2 Å². The molecule has 1 aliphatic rings. The van der Waals surface area contributed by atoms with Crippen LogP contribution in [0.5, 0.6) is 11.5 Å². The first-order valence-corrected chi connectivity index (χ1v) is 8.33. The number of nitrogens with zero attached hydrogens (tertiary/aromatic N) is 2. The van der Waals surface area contributed by atoms with Crippen molar-refractivity contribution in [3.63, 3.8) is 0 Å². The van der Waals surface area contributed by atoms with Gasteiger partial charge in [0.25, 0.3) is 0 Å². The molecule has 3 aromatic rings. The number of benzene rings is 2. The summed E-state index contributed by atoms with van der Waals surface area (Å²) in [4.78, 5) is 12.8. The maximum atomic E-state index is 12.8. The average Bonchev–Trinajstić information content (AvgIpc) is 3.15. The molecule has 0 atom stereocenters. The van der Waals surface area contributed by atoms with Crippen molar-refractivity contribution in [1.82, 2.24) is 9.13 Å². The van der Waals surface area contributed by atoms with Crippen LogP contribution in [0.2, 0.25) is 5.02 Å². The monoisotopic (exact) mass is 344 g/mol. The van der Waals surface area contributed by atoms with Crippen LogP contribution in [0.1, 0.15) is 18.9 Å². The Bertz CT molecular complexity index is 974. The van der Waals surface area contributed by atoms with Crippen molar-refractivity contribution in [2.24, 2.45) is 0 Å². The number of para-hydroxylation sites is 2. The largest absolute Gasteiger partial charge is 0.454 e. The highest BCUT2D eigenvalue weighted by molar-refractivity contribution is 6.32. The standard InChI is InChI=1S/C18H17ClN2O3/c1-2-7-20-14-5-3-4-6-15(14)21(18(20)22)10-12-8-13(19)17-16(9-12)23-11-24-17/h3-6,8-9H,2,7,10-11H2,1H3. The van der Waals surface area contributed by atoms with Gasteiger partial charge in [-0.1, -0.05) is 30.7 Å². The molecule has 0 radical (unpaired) electrons. The van der Waals surface area contributed by atoms with Crippen LogP contribution < -0.4 is 15.2 Å². The summed E-state index contributed by atoms with van der Waals surface area (Å²) in [6, 6.07) is 11.6. The Morgan fingerprint density at radius 1 is 1.12 bits per heavy atom. The number of rotatable bonds is 4. The van der Waals surface area contributed by atoms with E-state index in [4.69, 9.17) is 21.1 Å². The van der Waals surface area contributed by atoms with Crippen LogP contribution in [0.15, 0.2) is 41.2 Å². The number of halogens is 1. The number of imidazole rings is 1. The lowest BCUT2D eigenvalue weighted by molar-refractivity contribution is 0.174. The first-order chi connectivity index (χ1) is 11.7. The summed E-state index contributed by atoms with van der Waals surface area (Å²) in [5.41, 5.74) is 2.78. The van der Waals surface area contributed by atoms with Crippen LogP contribution in [0.25, 0.3) is 11.0 Å². The highest BCUT2D eigenvalue weighted by Crippen LogP contribution is 2.40. The van der Waals surface area contributed by atoms with Crippen LogP contribution in [-0.4, -0.2) is 15.9 Å². The molecular weight excluding hydrogens is 328 g/mol. The molecule has 2 aromatic carbocycles. The van der Waals surface area contributed by atoms with E-state index in [2.05, 4.69) is 6.92 Å². The molecule has 0 saturated heterocycles. The fourth-order valence-corrected chi connectivity index (χ4v) is 3.45. The lowest BCUT2D eigenvalue weighted by Gasteiger charge is -2.06. The van der Waals surface area contributed by atoms with E-state index in [1.165, 1.54) is 0 Å². The zero-order chi connectivity index (χ0) is 16.7. The summed E-state index contributed by atoms with van der Waals surface area (Å²) >= 11 is 6.26. The number of hydrogen-bond donors (Lipinski definition) is 0. The van der Waals surface area contributed by atoms with Gasteiger partial charge in [-0.3, -0.25) is 9.13 Å². The Morgan fingerprint density at radius 3 is 2.62 bits per heavy atom. The molecule has 0 amide bonds. The van der Waals surface area contributed by atoms with Crippen molar-refractivity contribution in [2.45, 2.75) is 26.4 Å². The van der Waals surface area contributed by atoms with E-state index >= 15 is 0 Å². The highest BCUT2D eigenvalue weighted by atomic mass is 35.5. The summed E-state index contributed by atoms with van der Waals surface area (Å²) < 4.78 is 14.4. The van der Waals surface area contributed by atoms with Crippen molar-refractivity contribution in [1.29, 1.82) is 0 Å². The topological polar surface area (TPSA) is 45.4 Å². The number of aryl methyl sites for hydroxylation is 1. The Balaban J connectivity index is 1.82. The lowest BCUT2D eigenvalue weighted by Crippen LogP contribution is -2.24. The predicted octanol–water partition coefficient (Wildman–Crippen LogP) is 3.64. The van der Waals surface area contributed by atoms with Gasteiger partial charge in [0.2, 0.25) is 6.79 Å². The zero-order valence-corrected chi connectivity index (χ0v) is 14.0. The molecule has 1 aromatic heterocycles. The molecule has 0 aliphatic carbocycles. The minimum absolute atomic E-state index is 0.00756. The minimum atomic E-state index is -0.00756. The maximum Gasteiger partial charge on any atom is 0.329 e. The predicted molar refractivity (Wildman–Crippen MR) is 93.2 cm³/mol. The second-order valence-electron chi connectivity index (χ2n) is 5.82. The quantitative estimate of drug-likeness (QED) is 0.725. The van der Waals surface area contributed by atoms with Gasteiger partial charge in [0.1, 0.15) is 0 Å². The number of aromatic nitrogens is 2. The fourth-order valence-electron chi connectivity index (χ4n) is 3.16. The molecule has 124 valence electrons. The van der Waals surface area contributed by atoms with Gasteiger partial charge >= 0.3 is 5.69 Å². The SMILES string of the molecule is CCCn1c(=O)n(Cc2cc(Cl)c3c(c2)OCO3)c2ccccc21. The van der Waals surface area contributed by atoms with E-state index in [9.17, 15) is 4.79 Å². The third-order valence-electron chi connectivity index (χ3n) is 4.20. The summed E-state index contributed by atoms with van der Waals surface area (Å²) in [5.74, 6) is 1.20. The van der Waals surface area contributed by atoms with E-state index < -0.39 is 0 Å². The van der Waals surface area contributed by atoms with E-state index in [0.29, 0.717) is 29.6 Å². The molecule has 4 rings (SSSR count). The molecule has 6 heteroatoms. The molecule has 5 nitrogen and oxygen atoms in total. The molecule has 0 saturated carbocycles. The highest BCUT2D eigenvalue weighted by Gasteiger charge is 2.19. The molecule has 1 aliphatic heterocycles. The summed E-state index contributed by atoms with van der Waals surface area (Å²) in [5, 5.41) is 0.505. The summed E-state index contributed by atoms with van der Waals surface area (Å²) in [7, 11) is 0. The third-order valence-corrected chi connectivity index (χ3v) is 4.48. The third kappa shape index (κ3) is 2.36. The van der Waals surface area contributed by atoms with Gasteiger partial charge in [0.05, 0.1) is 22.6 Å². The zero-order valence-electron chi connectivity index (χ0n) is 13.3. The second kappa shape index (κ2) is 5.91. The van der Waals surface area contributed by atoms with Crippen LogP contribution in [0.3, 0.4) is 0 Å². The van der Waals surface area contributed by atoms with Crippen LogP contribution in [0, 0.1) is 0 Å². The van der Waals surface area contributed by atoms with Gasteiger partial charge in [0, 0.05) is 6.54 Å². The Hall–Kier alpha value is -2.40. The van der Waals surface area contributed by atoms with Crippen molar-refractivity contribution in [3.8, 4) is 11.5 Å². The molecule has 0 spiro atoms. The molecule has 0 fully saturated rings. The molecule has 0 unspecified atom stereocenters. The van der Waals surface area contributed by atoms with E-state index in [0.717, 1.165) is 23.0 Å². The van der Waals surface area contributed by atoms with E-state index in [-0.39, 0.29) is 12.5 Å². The van der Waals surface area contributed by atoms with Gasteiger partial charge < -0.3 is 9.47 Å². The first kappa shape index (κ1) is 15.1. The lowest BCUT2D eigenvalue weighted by atomic mass is 10.2. The summed E-state index contributed by atoms with van der Waals surface area (Å²) in [6.45, 7) is 3.38. The maximum absolute atomic E-state index is 12.8.